The number of benzene rings is 1. The van der Waals surface area contributed by atoms with Crippen molar-refractivity contribution in [1.29, 1.82) is 0 Å². The summed E-state index contributed by atoms with van der Waals surface area (Å²) in [6, 6.07) is 3.76. The van der Waals surface area contributed by atoms with Crippen LogP contribution in [0.2, 0.25) is 10.0 Å². The first-order chi connectivity index (χ1) is 7.54. The Hall–Kier alpha value is -2.26. The number of hydrogen-bond donors (Lipinski definition) is 2. The van der Waals surface area contributed by atoms with Crippen LogP contribution < -0.4 is 5.32 Å². The summed E-state index contributed by atoms with van der Waals surface area (Å²) in [5.74, 6) is -1.13. The number of hydrogen-bond acceptors (Lipinski definition) is 2. The van der Waals surface area contributed by atoms with Crippen molar-refractivity contribution in [2.45, 2.75) is 12.5 Å². The number of aliphatic carboxylic acids is 1. The first-order valence-electron chi connectivity index (χ1n) is 4.34. The van der Waals surface area contributed by atoms with E-state index in [1.165, 1.54) is 6.41 Å². The van der Waals surface area contributed by atoms with Gasteiger partial charge in [0.1, 0.15) is 6.04 Å². The zero-order valence-electron chi connectivity index (χ0n) is 8.32. The van der Waals surface area contributed by atoms with Gasteiger partial charge in [-0.3, -0.25) is 4.79 Å². The van der Waals surface area contributed by atoms with E-state index in [1.54, 1.807) is 18.2 Å². The molecule has 98 valence electrons. The van der Waals surface area contributed by atoms with E-state index >= 15 is 0 Å². The third kappa shape index (κ3) is 4.01. The molecule has 0 heterocycles. The van der Waals surface area contributed by atoms with E-state index in [4.69, 9.17) is 28.3 Å². The molecule has 1 unspecified atom stereocenters. The van der Waals surface area contributed by atoms with Crippen LogP contribution in [0.1, 0.15) is 5.56 Å². The number of carbonyl (C=O) groups is 1. The third-order valence-corrected chi connectivity index (χ3v) is 2.69. The van der Waals surface area contributed by atoms with Crippen molar-refractivity contribution in [1.82, 2.24) is 5.32 Å². The fraction of sp³-hybridized carbons (Fsp3) is 0.200. The first kappa shape index (κ1) is 14.7. The van der Waals surface area contributed by atoms with E-state index in [-0.39, 0.29) is 6.42 Å². The molecular weight excluding hydrogens is 510 g/mol. The van der Waals surface area contributed by atoms with Crippen LogP contribution in [0.15, 0.2) is 18.2 Å². The summed E-state index contributed by atoms with van der Waals surface area (Å²) in [6.07, 6.45) is 1.48. The predicted octanol–water partition coefficient (Wildman–Crippen LogP) is 1.65. The molecule has 2 N–H and O–H groups in total. The summed E-state index contributed by atoms with van der Waals surface area (Å²) in [6.45, 7) is 0. The summed E-state index contributed by atoms with van der Waals surface area (Å²) in [4.78, 5) is 20.8. The summed E-state index contributed by atoms with van der Waals surface area (Å²) in [5, 5.41) is 11.6. The molecular formula is C10H8Cl2FmNO3-. The van der Waals surface area contributed by atoms with Crippen molar-refractivity contribution in [2.75, 3.05) is 0 Å². The minimum Gasteiger partial charge on any atom is -0.520 e. The summed E-state index contributed by atoms with van der Waals surface area (Å²) < 4.78 is 0. The van der Waals surface area contributed by atoms with Gasteiger partial charge in [0.15, 0.2) is 0 Å². The Balaban J connectivity index is 0.00000256. The van der Waals surface area contributed by atoms with Gasteiger partial charge in [0.05, 0.1) is 10.0 Å². The SMILES string of the molecule is O=[C-]NC(Cc1ccc(Cl)c(Cl)c1)C(=O)O.[Fm]. The molecule has 0 aliphatic rings. The quantitative estimate of drug-likeness (QED) is 0.461. The fourth-order valence-electron chi connectivity index (χ4n) is 1.17. The molecule has 7 heteroatoms. The van der Waals surface area contributed by atoms with Crippen molar-refractivity contribution in [3.63, 3.8) is 0 Å². The third-order valence-electron chi connectivity index (χ3n) is 1.96. The van der Waals surface area contributed by atoms with Crippen molar-refractivity contribution in [3.8, 4) is 0 Å². The molecule has 1 aromatic rings. The molecule has 0 saturated heterocycles. The van der Waals surface area contributed by atoms with Crippen LogP contribution in [-0.4, -0.2) is 23.5 Å². The van der Waals surface area contributed by atoms with Gasteiger partial charge in [-0.05, 0) is 17.7 Å². The predicted molar refractivity (Wildman–Crippen MR) is 60.4 cm³/mol. The average molecular weight is 518 g/mol. The summed E-state index contributed by atoms with van der Waals surface area (Å²) >= 11 is 11.5. The standard InChI is InChI=1S/C10H8Cl2NO3.Fm/c11-7-2-1-6(3-8(7)12)4-9(10(15)16)13-5-14;/h1-3,9H,4H2,(H,13,14)(H,15,16);/q-1;. The Morgan fingerprint density at radius 1 is 1.41 bits per heavy atom. The van der Waals surface area contributed by atoms with Crippen LogP contribution in [0, 0.1) is 0 Å². The van der Waals surface area contributed by atoms with Gasteiger partial charge in [0, 0.05) is 6.42 Å². The Labute approximate surface area is 102 Å². The molecule has 0 aromatic heterocycles. The van der Waals surface area contributed by atoms with Crippen molar-refractivity contribution in [2.24, 2.45) is 0 Å². The van der Waals surface area contributed by atoms with Gasteiger partial charge in [0.2, 0.25) is 0 Å². The van der Waals surface area contributed by atoms with Crippen LogP contribution in [0.3, 0.4) is 0 Å². The van der Waals surface area contributed by atoms with E-state index in [2.05, 4.69) is 5.32 Å². The van der Waals surface area contributed by atoms with E-state index in [0.29, 0.717) is 15.6 Å². The molecule has 0 saturated carbocycles. The maximum atomic E-state index is 10.7. The van der Waals surface area contributed by atoms with Gasteiger partial charge in [-0.15, -0.1) is 0 Å². The zero-order chi connectivity index (χ0) is 12.1. The molecule has 0 spiro atoms. The van der Waals surface area contributed by atoms with E-state index in [1.807, 2.05) is 0 Å². The minimum absolute atomic E-state index is 0. The first-order valence-corrected chi connectivity index (χ1v) is 5.09. The van der Waals surface area contributed by atoms with Crippen LogP contribution in [0.25, 0.3) is 0 Å². The van der Waals surface area contributed by atoms with Gasteiger partial charge in [0.25, 0.3) is 0 Å². The smallest absolute Gasteiger partial charge is 0.323 e. The summed E-state index contributed by atoms with van der Waals surface area (Å²) in [5.41, 5.74) is 0.671. The molecule has 1 amide bonds. The number of nitrogens with one attached hydrogen (secondary N) is 1. The molecule has 4 nitrogen and oxygen atoms in total. The fourth-order valence-corrected chi connectivity index (χ4v) is 1.49. The van der Waals surface area contributed by atoms with Gasteiger partial charge >= 0.3 is 5.97 Å². The number of rotatable bonds is 5. The van der Waals surface area contributed by atoms with Gasteiger partial charge < -0.3 is 15.2 Å². The minimum atomic E-state index is -1.13. The molecule has 17 heavy (non-hydrogen) atoms. The largest absolute Gasteiger partial charge is 0.520 e. The average Bonchev–Trinajstić information content (AvgIpc) is 2.22. The molecule has 0 aliphatic carbocycles. The van der Waals surface area contributed by atoms with Gasteiger partial charge in [-0.25, -0.2) is 0 Å². The molecule has 0 bridgehead atoms. The Bertz CT molecular complexity index is 415. The molecule has 1 atom stereocenters. The van der Waals surface area contributed by atoms with E-state index < -0.39 is 12.0 Å². The normalized spacial score (nSPS) is 11.2. The van der Waals surface area contributed by atoms with Crippen molar-refractivity contribution >= 4 is 35.6 Å². The van der Waals surface area contributed by atoms with E-state index in [9.17, 15) is 9.59 Å². The van der Waals surface area contributed by atoms with Crippen LogP contribution in [0.5, 0.6) is 0 Å². The second-order valence-corrected chi connectivity index (χ2v) is 3.90. The monoisotopic (exact) mass is 517 g/mol. The molecule has 0 aliphatic heterocycles. The molecule has 1 rings (SSSR count). The van der Waals surface area contributed by atoms with Crippen LogP contribution >= 0.6 is 23.2 Å². The Kier molecular flexibility index (Phi) is 5.51. The van der Waals surface area contributed by atoms with Crippen LogP contribution in [0.4, 0.5) is 0 Å². The number of carboxylic acids is 1. The number of amides is 1. The number of carboxylic acid groups (broad SMARTS) is 1. The van der Waals surface area contributed by atoms with Crippen molar-refractivity contribution in [3.05, 3.63) is 33.8 Å². The number of carbonyl (C=O) groups excluding carboxylic acids is 1. The van der Waals surface area contributed by atoms with Gasteiger partial charge in [-0.1, -0.05) is 29.3 Å². The maximum Gasteiger partial charge on any atom is 0.323 e. The summed E-state index contributed by atoms with van der Waals surface area (Å²) in [7, 11) is 0. The van der Waals surface area contributed by atoms with E-state index in [0.717, 1.165) is 0 Å². The Morgan fingerprint density at radius 2 is 2.06 bits per heavy atom. The molecule has 0 radical (unpaired) electrons. The van der Waals surface area contributed by atoms with Crippen LogP contribution in [-0.2, 0) is 16.0 Å². The second kappa shape index (κ2) is 6.35. The van der Waals surface area contributed by atoms with Gasteiger partial charge in [-0.2, -0.15) is 6.41 Å². The second-order valence-electron chi connectivity index (χ2n) is 3.09. The number of halogens is 2. The van der Waals surface area contributed by atoms with Crippen molar-refractivity contribution < 1.29 is 14.7 Å². The zero-order valence-corrected chi connectivity index (χ0v) is 12.2. The Morgan fingerprint density at radius 3 is 2.53 bits per heavy atom. The maximum absolute atomic E-state index is 10.7. The molecule has 0 fully saturated rings. The molecule has 1 aromatic carbocycles. The topological polar surface area (TPSA) is 66.4 Å².